The van der Waals surface area contributed by atoms with Crippen LogP contribution in [0, 0.1) is 0 Å². The van der Waals surface area contributed by atoms with E-state index in [0.29, 0.717) is 0 Å². The van der Waals surface area contributed by atoms with Gasteiger partial charge in [-0.25, -0.2) is 0 Å². The molecule has 0 amide bonds. The van der Waals surface area contributed by atoms with E-state index in [2.05, 4.69) is 41.1 Å². The van der Waals surface area contributed by atoms with Gasteiger partial charge >= 0.3 is 0 Å². The molecule has 76 valence electrons. The van der Waals surface area contributed by atoms with Gasteiger partial charge in [-0.2, -0.15) is 0 Å². The minimum Gasteiger partial charge on any atom is -0.395 e. The number of benzene rings is 1. The summed E-state index contributed by atoms with van der Waals surface area (Å²) in [5, 5.41) is 9.31. The maximum Gasteiger partial charge on any atom is 0.0527 e. The smallest absolute Gasteiger partial charge is 0.0527 e. The fourth-order valence-corrected chi connectivity index (χ4v) is 2.51. The molecule has 1 saturated carbocycles. The molecule has 0 radical (unpaired) electrons. The van der Waals surface area contributed by atoms with Crippen molar-refractivity contribution in [2.24, 2.45) is 0 Å². The van der Waals surface area contributed by atoms with Gasteiger partial charge in [-0.15, -0.1) is 0 Å². The topological polar surface area (TPSA) is 20.2 Å². The van der Waals surface area contributed by atoms with Crippen molar-refractivity contribution in [3.63, 3.8) is 0 Å². The minimum absolute atomic E-state index is 0.0921. The summed E-state index contributed by atoms with van der Waals surface area (Å²) in [5.74, 6) is 0. The van der Waals surface area contributed by atoms with Crippen molar-refractivity contribution >= 4 is 15.9 Å². The van der Waals surface area contributed by atoms with Crippen LogP contribution >= 0.6 is 15.9 Å². The van der Waals surface area contributed by atoms with Crippen LogP contribution in [0.5, 0.6) is 0 Å². The molecule has 2 rings (SSSR count). The third-order valence-electron chi connectivity index (χ3n) is 3.20. The van der Waals surface area contributed by atoms with Crippen molar-refractivity contribution in [1.29, 1.82) is 0 Å². The van der Waals surface area contributed by atoms with E-state index >= 15 is 0 Å². The number of rotatable bonds is 3. The van der Waals surface area contributed by atoms with Crippen LogP contribution in [0.25, 0.3) is 0 Å². The highest BCUT2D eigenvalue weighted by Gasteiger charge is 2.43. The average Bonchev–Trinajstić information content (AvgIpc) is 2.98. The molecule has 1 aromatic carbocycles. The van der Waals surface area contributed by atoms with E-state index < -0.39 is 0 Å². The van der Waals surface area contributed by atoms with Crippen LogP contribution in [0.3, 0.4) is 0 Å². The van der Waals surface area contributed by atoms with Crippen LogP contribution < -0.4 is 0 Å². The Hall–Kier alpha value is -0.340. The Bertz CT molecular complexity index is 342. The van der Waals surface area contributed by atoms with E-state index in [9.17, 15) is 5.11 Å². The first-order valence-corrected chi connectivity index (χ1v) is 5.91. The third-order valence-corrected chi connectivity index (χ3v) is 3.94. The molecular formula is C12H15BrO. The molecule has 0 atom stereocenters. The fraction of sp³-hybridized carbons (Fsp3) is 0.500. The zero-order valence-corrected chi connectivity index (χ0v) is 9.97. The Balaban J connectivity index is 2.33. The number of halogens is 1. The van der Waals surface area contributed by atoms with Gasteiger partial charge in [-0.05, 0) is 36.5 Å². The summed E-state index contributed by atoms with van der Waals surface area (Å²) >= 11 is 3.58. The molecule has 0 aromatic heterocycles. The second-order valence-corrected chi connectivity index (χ2v) is 4.95. The maximum atomic E-state index is 9.31. The van der Waals surface area contributed by atoms with E-state index in [4.69, 9.17) is 0 Å². The van der Waals surface area contributed by atoms with Crippen molar-refractivity contribution in [3.8, 4) is 0 Å². The second kappa shape index (κ2) is 3.67. The molecule has 0 heterocycles. The minimum atomic E-state index is 0.0921. The first-order chi connectivity index (χ1) is 6.72. The highest BCUT2D eigenvalue weighted by molar-refractivity contribution is 9.10. The average molecular weight is 255 g/mol. The number of aryl methyl sites for hydroxylation is 1. The van der Waals surface area contributed by atoms with Gasteiger partial charge < -0.3 is 5.11 Å². The molecular weight excluding hydrogens is 240 g/mol. The zero-order valence-electron chi connectivity index (χ0n) is 8.39. The largest absolute Gasteiger partial charge is 0.395 e. The summed E-state index contributed by atoms with van der Waals surface area (Å²) in [6, 6.07) is 6.49. The summed E-state index contributed by atoms with van der Waals surface area (Å²) in [6.45, 7) is 2.43. The Kier molecular flexibility index (Phi) is 2.67. The summed E-state index contributed by atoms with van der Waals surface area (Å²) in [6.07, 6.45) is 3.30. The molecule has 0 spiro atoms. The molecule has 0 unspecified atom stereocenters. The fourth-order valence-electron chi connectivity index (χ4n) is 1.85. The lowest BCUT2D eigenvalue weighted by Gasteiger charge is -2.13. The molecule has 1 fully saturated rings. The first kappa shape index (κ1) is 10.2. The van der Waals surface area contributed by atoms with Gasteiger partial charge in [0.2, 0.25) is 0 Å². The molecule has 1 aromatic rings. The zero-order chi connectivity index (χ0) is 10.2. The molecule has 0 aliphatic heterocycles. The van der Waals surface area contributed by atoms with E-state index in [1.165, 1.54) is 15.6 Å². The summed E-state index contributed by atoms with van der Waals surface area (Å²) in [4.78, 5) is 0. The summed E-state index contributed by atoms with van der Waals surface area (Å²) in [7, 11) is 0. The molecule has 0 saturated heterocycles. The van der Waals surface area contributed by atoms with Crippen molar-refractivity contribution < 1.29 is 5.11 Å². The molecule has 1 aliphatic carbocycles. The Morgan fingerprint density at radius 2 is 2.14 bits per heavy atom. The number of hydrogen-bond donors (Lipinski definition) is 1. The number of aliphatic hydroxyl groups is 1. The second-order valence-electron chi connectivity index (χ2n) is 4.10. The van der Waals surface area contributed by atoms with E-state index in [0.717, 1.165) is 19.3 Å². The third kappa shape index (κ3) is 1.61. The lowest BCUT2D eigenvalue weighted by atomic mass is 9.95. The van der Waals surface area contributed by atoms with Gasteiger partial charge in [-0.3, -0.25) is 0 Å². The molecule has 14 heavy (non-hydrogen) atoms. The van der Waals surface area contributed by atoms with E-state index in [-0.39, 0.29) is 12.0 Å². The number of hydrogen-bond acceptors (Lipinski definition) is 1. The molecule has 0 bridgehead atoms. The lowest BCUT2D eigenvalue weighted by molar-refractivity contribution is 0.255. The van der Waals surface area contributed by atoms with Crippen molar-refractivity contribution in [2.75, 3.05) is 6.61 Å². The Morgan fingerprint density at radius 3 is 2.57 bits per heavy atom. The summed E-state index contributed by atoms with van der Waals surface area (Å²) < 4.78 is 1.18. The summed E-state index contributed by atoms with van der Waals surface area (Å²) in [5.41, 5.74) is 2.71. The predicted molar refractivity (Wildman–Crippen MR) is 61.5 cm³/mol. The first-order valence-electron chi connectivity index (χ1n) is 5.11. The van der Waals surface area contributed by atoms with Crippen LogP contribution in [0.15, 0.2) is 22.7 Å². The monoisotopic (exact) mass is 254 g/mol. The van der Waals surface area contributed by atoms with Crippen LogP contribution in [0.2, 0.25) is 0 Å². The van der Waals surface area contributed by atoms with Gasteiger partial charge in [0.15, 0.2) is 0 Å². The maximum absolute atomic E-state index is 9.31. The molecule has 2 heteroatoms. The van der Waals surface area contributed by atoms with Gasteiger partial charge in [-0.1, -0.05) is 35.0 Å². The quantitative estimate of drug-likeness (QED) is 0.880. The lowest BCUT2D eigenvalue weighted by Crippen LogP contribution is -2.11. The van der Waals surface area contributed by atoms with E-state index in [1.54, 1.807) is 0 Å². The molecule has 1 N–H and O–H groups in total. The number of aliphatic hydroxyl groups excluding tert-OH is 1. The predicted octanol–water partition coefficient (Wildman–Crippen LogP) is 3.04. The normalized spacial score (nSPS) is 18.2. The highest BCUT2D eigenvalue weighted by atomic mass is 79.9. The molecule has 1 aliphatic rings. The van der Waals surface area contributed by atoms with Crippen LogP contribution in [0.4, 0.5) is 0 Å². The Labute approximate surface area is 93.3 Å². The van der Waals surface area contributed by atoms with Crippen molar-refractivity contribution in [2.45, 2.75) is 31.6 Å². The Morgan fingerprint density at radius 1 is 1.43 bits per heavy atom. The highest BCUT2D eigenvalue weighted by Crippen LogP contribution is 2.48. The van der Waals surface area contributed by atoms with Gasteiger partial charge in [0.25, 0.3) is 0 Å². The standard InChI is InChI=1S/C12H15BrO/c1-2-9-3-4-10(7-11(9)13)12(8-14)5-6-12/h3-4,7,14H,2,5-6,8H2,1H3. The van der Waals surface area contributed by atoms with Crippen molar-refractivity contribution in [3.05, 3.63) is 33.8 Å². The van der Waals surface area contributed by atoms with E-state index in [1.807, 2.05) is 0 Å². The molecule has 1 nitrogen and oxygen atoms in total. The van der Waals surface area contributed by atoms with Gasteiger partial charge in [0, 0.05) is 9.89 Å². The van der Waals surface area contributed by atoms with Gasteiger partial charge in [0.1, 0.15) is 0 Å². The van der Waals surface area contributed by atoms with Crippen LogP contribution in [0.1, 0.15) is 30.9 Å². The van der Waals surface area contributed by atoms with Crippen LogP contribution in [-0.4, -0.2) is 11.7 Å². The van der Waals surface area contributed by atoms with Crippen molar-refractivity contribution in [1.82, 2.24) is 0 Å². The van der Waals surface area contributed by atoms with Crippen LogP contribution in [-0.2, 0) is 11.8 Å². The van der Waals surface area contributed by atoms with Gasteiger partial charge in [0.05, 0.1) is 6.61 Å². The SMILES string of the molecule is CCc1ccc(C2(CO)CC2)cc1Br.